The van der Waals surface area contributed by atoms with Gasteiger partial charge in [0.1, 0.15) is 22.7 Å². The Morgan fingerprint density at radius 1 is 1.16 bits per heavy atom. The number of oxazole rings is 1. The highest BCUT2D eigenvalue weighted by Crippen LogP contribution is 2.32. The van der Waals surface area contributed by atoms with Crippen LogP contribution in [0.25, 0.3) is 22.4 Å². The number of primary amides is 1. The molecule has 0 radical (unpaired) electrons. The molecule has 0 aliphatic rings. The molecule has 0 spiro atoms. The van der Waals surface area contributed by atoms with Gasteiger partial charge in [0, 0.05) is 30.8 Å². The first-order valence-electron chi connectivity index (χ1n) is 13.8. The van der Waals surface area contributed by atoms with Gasteiger partial charge in [-0.2, -0.15) is 5.10 Å². The molecule has 0 fully saturated rings. The van der Waals surface area contributed by atoms with E-state index < -0.39 is 18.2 Å². The number of nitrogens with two attached hydrogens (primary N) is 1. The molecule has 236 valence electrons. The second-order valence-corrected chi connectivity index (χ2v) is 9.82. The normalized spacial score (nSPS) is 11.5. The quantitative estimate of drug-likeness (QED) is 0.162. The molecule has 0 saturated carbocycles. The van der Waals surface area contributed by atoms with Crippen LogP contribution in [0.3, 0.4) is 0 Å². The van der Waals surface area contributed by atoms with Gasteiger partial charge in [0.05, 0.1) is 24.5 Å². The maximum Gasteiger partial charge on any atom is 0.573 e. The van der Waals surface area contributed by atoms with Gasteiger partial charge in [-0.05, 0) is 50.6 Å². The lowest BCUT2D eigenvalue weighted by Gasteiger charge is -2.13. The molecule has 0 aliphatic carbocycles. The van der Waals surface area contributed by atoms with Gasteiger partial charge in [-0.3, -0.25) is 19.6 Å². The fourth-order valence-corrected chi connectivity index (χ4v) is 4.74. The third kappa shape index (κ3) is 7.00. The molecule has 4 N–H and O–H groups in total. The Balaban J connectivity index is 1.34. The minimum absolute atomic E-state index is 0.156. The van der Waals surface area contributed by atoms with E-state index in [1.54, 1.807) is 28.3 Å². The predicted molar refractivity (Wildman–Crippen MR) is 157 cm³/mol. The first-order chi connectivity index (χ1) is 21.5. The van der Waals surface area contributed by atoms with Crippen molar-refractivity contribution in [2.24, 2.45) is 5.73 Å². The number of aromatic nitrogens is 5. The number of carbonyl (C=O) groups is 2. The van der Waals surface area contributed by atoms with Gasteiger partial charge in [-0.1, -0.05) is 12.1 Å². The van der Waals surface area contributed by atoms with Gasteiger partial charge in [0.25, 0.3) is 11.9 Å². The Morgan fingerprint density at radius 2 is 1.96 bits per heavy atom. The highest BCUT2D eigenvalue weighted by atomic mass is 19.4. The zero-order valence-corrected chi connectivity index (χ0v) is 24.4. The lowest BCUT2D eigenvalue weighted by atomic mass is 10.1. The third-order valence-electron chi connectivity index (χ3n) is 6.66. The average molecular weight is 627 g/mol. The number of carbonyl (C=O) groups excluding carboxylic acids is 2. The van der Waals surface area contributed by atoms with Crippen LogP contribution in [-0.4, -0.2) is 56.1 Å². The summed E-state index contributed by atoms with van der Waals surface area (Å²) in [7, 11) is 1.45. The number of nitrogens with one attached hydrogen (secondary N) is 2. The predicted octanol–water partition coefficient (Wildman–Crippen LogP) is 4.98. The van der Waals surface area contributed by atoms with Crippen LogP contribution in [0.15, 0.2) is 53.1 Å². The Labute approximate surface area is 254 Å². The lowest BCUT2D eigenvalue weighted by molar-refractivity contribution is -0.274. The molecule has 5 aromatic rings. The van der Waals surface area contributed by atoms with Gasteiger partial charge in [0.15, 0.2) is 5.76 Å². The van der Waals surface area contributed by atoms with Gasteiger partial charge in [0.2, 0.25) is 11.9 Å². The third-order valence-corrected chi connectivity index (χ3v) is 6.66. The Hall–Kier alpha value is -5.54. The molecular weight excluding hydrogens is 597 g/mol. The van der Waals surface area contributed by atoms with Crippen molar-refractivity contribution in [1.29, 1.82) is 0 Å². The number of alkyl halides is 3. The van der Waals surface area contributed by atoms with E-state index in [1.165, 1.54) is 43.6 Å². The maximum absolute atomic E-state index is 13.3. The number of fused-ring (bicyclic) bond motifs is 1. The summed E-state index contributed by atoms with van der Waals surface area (Å²) in [6.07, 6.45) is -2.95. The highest BCUT2D eigenvalue weighted by Gasteiger charge is 2.31. The summed E-state index contributed by atoms with van der Waals surface area (Å²) in [5.74, 6) is -0.659. The van der Waals surface area contributed by atoms with Crippen LogP contribution < -0.4 is 25.8 Å². The number of anilines is 2. The number of imidazole rings is 1. The summed E-state index contributed by atoms with van der Waals surface area (Å²) in [5.41, 5.74) is 8.02. The smallest absolute Gasteiger partial charge is 0.494 e. The molecule has 0 unspecified atom stereocenters. The van der Waals surface area contributed by atoms with Gasteiger partial charge >= 0.3 is 6.36 Å². The molecule has 3 aromatic heterocycles. The summed E-state index contributed by atoms with van der Waals surface area (Å²) in [4.78, 5) is 33.9. The second kappa shape index (κ2) is 12.6. The minimum Gasteiger partial charge on any atom is -0.494 e. The number of aryl methyl sites for hydroxylation is 3. The van der Waals surface area contributed by atoms with Crippen molar-refractivity contribution in [2.45, 2.75) is 39.7 Å². The van der Waals surface area contributed by atoms with E-state index in [2.05, 4.69) is 30.4 Å². The summed E-state index contributed by atoms with van der Waals surface area (Å²) in [6.45, 7) is 4.84. The van der Waals surface area contributed by atoms with Gasteiger partial charge in [-0.15, -0.1) is 13.2 Å². The first-order valence-corrected chi connectivity index (χ1v) is 13.8. The Morgan fingerprint density at radius 3 is 2.67 bits per heavy atom. The molecule has 13 nitrogen and oxygen atoms in total. The molecular formula is C29H29F3N8O5. The maximum atomic E-state index is 13.3. The van der Waals surface area contributed by atoms with Crippen molar-refractivity contribution >= 4 is 34.8 Å². The zero-order chi connectivity index (χ0) is 32.3. The number of halogens is 3. The fraction of sp³-hybridized carbons (Fsp3) is 0.276. The minimum atomic E-state index is -4.82. The van der Waals surface area contributed by atoms with Crippen LogP contribution in [0.1, 0.15) is 39.9 Å². The van der Waals surface area contributed by atoms with Crippen LogP contribution in [0.4, 0.5) is 25.1 Å². The van der Waals surface area contributed by atoms with Gasteiger partial charge in [-0.25, -0.2) is 9.97 Å². The van der Waals surface area contributed by atoms with Crippen molar-refractivity contribution in [3.63, 3.8) is 0 Å². The van der Waals surface area contributed by atoms with E-state index in [1.807, 2.05) is 6.92 Å². The number of rotatable bonds is 12. The topological polar surface area (TPSA) is 164 Å². The van der Waals surface area contributed by atoms with Crippen molar-refractivity contribution in [3.05, 3.63) is 65.6 Å². The summed E-state index contributed by atoms with van der Waals surface area (Å²) < 4.78 is 56.4. The van der Waals surface area contributed by atoms with E-state index in [4.69, 9.17) is 14.9 Å². The molecule has 0 saturated heterocycles. The molecule has 0 aliphatic heterocycles. The SMILES string of the molecule is CCn1nc(C)cc1C(=O)Nc1nc2cc(C(N)=O)cc(OC)c2n1CCCNc1ncc(-c2cccc(OC(F)(F)F)c2)o1. The number of hydrogen-bond acceptors (Lipinski definition) is 9. The van der Waals surface area contributed by atoms with Crippen LogP contribution >= 0.6 is 0 Å². The first kappa shape index (κ1) is 30.9. The average Bonchev–Trinajstić information content (AvgIpc) is 3.71. The number of ether oxygens (including phenoxy) is 2. The number of amides is 2. The van der Waals surface area contributed by atoms with Crippen molar-refractivity contribution in [3.8, 4) is 22.8 Å². The summed E-state index contributed by atoms with van der Waals surface area (Å²) in [5, 5.41) is 10.2. The van der Waals surface area contributed by atoms with E-state index in [9.17, 15) is 22.8 Å². The van der Waals surface area contributed by atoms with E-state index in [0.29, 0.717) is 59.8 Å². The Bertz CT molecular complexity index is 1860. The van der Waals surface area contributed by atoms with Crippen LogP contribution in [0.2, 0.25) is 0 Å². The molecule has 5 rings (SSSR count). The second-order valence-electron chi connectivity index (χ2n) is 9.82. The summed E-state index contributed by atoms with van der Waals surface area (Å²) >= 11 is 0. The summed E-state index contributed by atoms with van der Waals surface area (Å²) in [6, 6.07) is 10.2. The van der Waals surface area contributed by atoms with E-state index in [0.717, 1.165) is 0 Å². The molecule has 16 heteroatoms. The monoisotopic (exact) mass is 626 g/mol. The van der Waals surface area contributed by atoms with Gasteiger partial charge < -0.3 is 29.5 Å². The van der Waals surface area contributed by atoms with Crippen LogP contribution in [0, 0.1) is 6.92 Å². The van der Waals surface area contributed by atoms with E-state index >= 15 is 0 Å². The molecule has 2 amide bonds. The van der Waals surface area contributed by atoms with Crippen LogP contribution in [0.5, 0.6) is 11.5 Å². The molecule has 3 heterocycles. The number of benzene rings is 2. The van der Waals surface area contributed by atoms with E-state index in [-0.39, 0.29) is 29.0 Å². The number of methoxy groups -OCH3 is 1. The zero-order valence-electron chi connectivity index (χ0n) is 24.4. The molecule has 45 heavy (non-hydrogen) atoms. The van der Waals surface area contributed by atoms with Crippen molar-refractivity contribution in [2.75, 3.05) is 24.3 Å². The Kier molecular flexibility index (Phi) is 8.65. The fourth-order valence-electron chi connectivity index (χ4n) is 4.74. The standard InChI is InChI=1S/C29H29F3N8O5/c1-4-40-21(11-16(2)38-40)26(42)37-27-36-20-13-18(25(33)41)14-22(43-3)24(20)39(27)10-6-9-34-28-35-15-23(44-28)17-7-5-8-19(12-17)45-29(30,31)32/h5,7-8,11-15H,4,6,9-10H2,1-3H3,(H2,33,41)(H,34,35)(H,36,37,42). The van der Waals surface area contributed by atoms with Crippen molar-refractivity contribution in [1.82, 2.24) is 24.3 Å². The highest BCUT2D eigenvalue weighted by molar-refractivity contribution is 6.04. The lowest BCUT2D eigenvalue weighted by Crippen LogP contribution is -2.20. The van der Waals surface area contributed by atoms with Crippen molar-refractivity contribution < 1.29 is 36.7 Å². The largest absolute Gasteiger partial charge is 0.573 e. The molecule has 2 aromatic carbocycles. The molecule has 0 bridgehead atoms. The number of hydrogen-bond donors (Lipinski definition) is 3. The molecule has 0 atom stereocenters. The van der Waals surface area contributed by atoms with Crippen LogP contribution in [-0.2, 0) is 13.1 Å². The number of nitrogens with zero attached hydrogens (tertiary/aromatic N) is 5.